The highest BCUT2D eigenvalue weighted by Crippen LogP contribution is 2.29. The van der Waals surface area contributed by atoms with Crippen LogP contribution in [-0.4, -0.2) is 15.9 Å². The number of nitrogens with one attached hydrogen (secondary N) is 1. The second-order valence-corrected chi connectivity index (χ2v) is 4.75. The van der Waals surface area contributed by atoms with Crippen molar-refractivity contribution in [3.05, 3.63) is 11.9 Å². The number of aromatic nitrogens is 2. The largest absolute Gasteiger partial charge is 0.413 e. The first kappa shape index (κ1) is 10.0. The molecule has 0 aliphatic carbocycles. The first-order valence-corrected chi connectivity index (χ1v) is 4.96. The average Bonchev–Trinajstić information content (AvgIpc) is 2.46. The maximum absolute atomic E-state index is 11.1. The molecule has 1 aliphatic heterocycles. The van der Waals surface area contributed by atoms with Gasteiger partial charge in [0.1, 0.15) is 5.69 Å². The van der Waals surface area contributed by atoms with Crippen molar-refractivity contribution >= 4 is 6.09 Å². The van der Waals surface area contributed by atoms with E-state index in [1.807, 2.05) is 32.4 Å². The number of fused-ring (bicyclic) bond motifs is 1. The summed E-state index contributed by atoms with van der Waals surface area (Å²) in [4.78, 5) is 11.1. The van der Waals surface area contributed by atoms with Gasteiger partial charge < -0.3 is 10.1 Å². The summed E-state index contributed by atoms with van der Waals surface area (Å²) in [5, 5.41) is 7.08. The van der Waals surface area contributed by atoms with Crippen molar-refractivity contribution in [2.75, 3.05) is 0 Å². The van der Waals surface area contributed by atoms with Gasteiger partial charge in [0.2, 0.25) is 0 Å². The second kappa shape index (κ2) is 2.98. The lowest BCUT2D eigenvalue weighted by molar-refractivity contribution is 0.189. The van der Waals surface area contributed by atoms with Crippen LogP contribution in [-0.2, 0) is 5.54 Å². The molecule has 1 unspecified atom stereocenters. The SMILES string of the molecule is CC1NC(=O)Oc2cn(C(C)(C)C)nc21. The van der Waals surface area contributed by atoms with E-state index in [4.69, 9.17) is 4.74 Å². The molecule has 1 N–H and O–H groups in total. The molecule has 0 fully saturated rings. The summed E-state index contributed by atoms with van der Waals surface area (Å²) in [5.41, 5.74) is 0.674. The van der Waals surface area contributed by atoms with E-state index in [0.29, 0.717) is 5.75 Å². The van der Waals surface area contributed by atoms with E-state index in [1.54, 1.807) is 6.20 Å². The number of rotatable bonds is 0. The van der Waals surface area contributed by atoms with Gasteiger partial charge in [-0.15, -0.1) is 0 Å². The minimum atomic E-state index is -0.413. The fourth-order valence-electron chi connectivity index (χ4n) is 1.47. The van der Waals surface area contributed by atoms with Crippen LogP contribution in [0.3, 0.4) is 0 Å². The third-order valence-corrected chi connectivity index (χ3v) is 2.34. The number of ether oxygens (including phenoxy) is 1. The Balaban J connectivity index is 2.43. The Kier molecular flexibility index (Phi) is 1.99. The highest BCUT2D eigenvalue weighted by molar-refractivity contribution is 5.73. The number of amides is 1. The summed E-state index contributed by atoms with van der Waals surface area (Å²) in [5.74, 6) is 0.557. The standard InChI is InChI=1S/C10H15N3O2/c1-6-8-7(15-9(14)11-6)5-13(12-8)10(2,3)4/h5-6H,1-4H3,(H,11,14). The van der Waals surface area contributed by atoms with Gasteiger partial charge in [0.25, 0.3) is 0 Å². The molecule has 15 heavy (non-hydrogen) atoms. The predicted molar refractivity (Wildman–Crippen MR) is 54.8 cm³/mol. The Labute approximate surface area is 88.4 Å². The minimum absolute atomic E-state index is 0.0927. The average molecular weight is 209 g/mol. The van der Waals surface area contributed by atoms with Crippen LogP contribution in [0.15, 0.2) is 6.20 Å². The van der Waals surface area contributed by atoms with E-state index in [0.717, 1.165) is 5.69 Å². The Morgan fingerprint density at radius 3 is 2.80 bits per heavy atom. The zero-order valence-electron chi connectivity index (χ0n) is 9.37. The van der Waals surface area contributed by atoms with Crippen molar-refractivity contribution in [3.8, 4) is 5.75 Å². The number of hydrogen-bond donors (Lipinski definition) is 1. The zero-order valence-corrected chi connectivity index (χ0v) is 9.37. The van der Waals surface area contributed by atoms with Crippen molar-refractivity contribution in [1.29, 1.82) is 0 Å². The molecule has 1 aromatic heterocycles. The quantitative estimate of drug-likeness (QED) is 0.708. The first-order valence-electron chi connectivity index (χ1n) is 4.96. The van der Waals surface area contributed by atoms with Crippen molar-refractivity contribution in [2.45, 2.75) is 39.3 Å². The Morgan fingerprint density at radius 1 is 1.53 bits per heavy atom. The zero-order chi connectivity index (χ0) is 11.2. The molecular weight excluding hydrogens is 194 g/mol. The highest BCUT2D eigenvalue weighted by Gasteiger charge is 2.28. The van der Waals surface area contributed by atoms with Gasteiger partial charge in [0.15, 0.2) is 5.75 Å². The van der Waals surface area contributed by atoms with Crippen LogP contribution in [0.5, 0.6) is 5.75 Å². The van der Waals surface area contributed by atoms with Gasteiger partial charge in [0, 0.05) is 0 Å². The number of carbonyl (C=O) groups excluding carboxylic acids is 1. The number of carbonyl (C=O) groups is 1. The normalized spacial score (nSPS) is 20.5. The van der Waals surface area contributed by atoms with Crippen LogP contribution < -0.4 is 10.1 Å². The van der Waals surface area contributed by atoms with Crippen molar-refractivity contribution < 1.29 is 9.53 Å². The van der Waals surface area contributed by atoms with Crippen LogP contribution >= 0.6 is 0 Å². The lowest BCUT2D eigenvalue weighted by atomic mass is 10.1. The lowest BCUT2D eigenvalue weighted by Gasteiger charge is -2.19. The number of hydrogen-bond acceptors (Lipinski definition) is 3. The Hall–Kier alpha value is -1.52. The van der Waals surface area contributed by atoms with Gasteiger partial charge in [-0.2, -0.15) is 5.10 Å². The molecule has 0 saturated heterocycles. The molecule has 0 spiro atoms. The van der Waals surface area contributed by atoms with Crippen molar-refractivity contribution in [1.82, 2.24) is 15.1 Å². The van der Waals surface area contributed by atoms with Gasteiger partial charge in [0.05, 0.1) is 17.8 Å². The molecule has 0 radical (unpaired) electrons. The molecule has 0 aromatic carbocycles. The molecule has 2 heterocycles. The van der Waals surface area contributed by atoms with Gasteiger partial charge in [-0.05, 0) is 27.7 Å². The Bertz CT molecular complexity index is 403. The molecule has 5 nitrogen and oxygen atoms in total. The van der Waals surface area contributed by atoms with Gasteiger partial charge >= 0.3 is 6.09 Å². The minimum Gasteiger partial charge on any atom is -0.407 e. The van der Waals surface area contributed by atoms with Crippen molar-refractivity contribution in [2.24, 2.45) is 0 Å². The fourth-order valence-corrected chi connectivity index (χ4v) is 1.47. The monoisotopic (exact) mass is 209 g/mol. The van der Waals surface area contributed by atoms with E-state index in [2.05, 4.69) is 10.4 Å². The molecule has 5 heteroatoms. The lowest BCUT2D eigenvalue weighted by Crippen LogP contribution is -2.34. The molecule has 1 aliphatic rings. The molecule has 0 saturated carbocycles. The van der Waals surface area contributed by atoms with E-state index in [9.17, 15) is 4.79 Å². The van der Waals surface area contributed by atoms with E-state index in [-0.39, 0.29) is 11.6 Å². The predicted octanol–water partition coefficient (Wildman–Crippen LogP) is 1.80. The fraction of sp³-hybridized carbons (Fsp3) is 0.600. The van der Waals surface area contributed by atoms with E-state index in [1.165, 1.54) is 0 Å². The summed E-state index contributed by atoms with van der Waals surface area (Å²) >= 11 is 0. The maximum Gasteiger partial charge on any atom is 0.413 e. The third kappa shape index (κ3) is 1.69. The van der Waals surface area contributed by atoms with Gasteiger partial charge in [-0.3, -0.25) is 4.68 Å². The summed E-state index contributed by atoms with van der Waals surface area (Å²) in [7, 11) is 0. The summed E-state index contributed by atoms with van der Waals surface area (Å²) in [6, 6.07) is -0.0927. The van der Waals surface area contributed by atoms with E-state index >= 15 is 0 Å². The molecule has 2 rings (SSSR count). The highest BCUT2D eigenvalue weighted by atomic mass is 16.6. The molecule has 0 bridgehead atoms. The molecule has 1 aromatic rings. The molecule has 1 amide bonds. The smallest absolute Gasteiger partial charge is 0.407 e. The first-order chi connectivity index (χ1) is 6.88. The summed E-state index contributed by atoms with van der Waals surface area (Å²) < 4.78 is 6.86. The van der Waals surface area contributed by atoms with Crippen LogP contribution in [0.25, 0.3) is 0 Å². The van der Waals surface area contributed by atoms with Crippen LogP contribution in [0.2, 0.25) is 0 Å². The van der Waals surface area contributed by atoms with E-state index < -0.39 is 6.09 Å². The second-order valence-electron chi connectivity index (χ2n) is 4.75. The Morgan fingerprint density at radius 2 is 2.20 bits per heavy atom. The molecule has 1 atom stereocenters. The molecular formula is C10H15N3O2. The van der Waals surface area contributed by atoms with Crippen LogP contribution in [0, 0.1) is 0 Å². The summed E-state index contributed by atoms with van der Waals surface area (Å²) in [6.07, 6.45) is 1.35. The summed E-state index contributed by atoms with van der Waals surface area (Å²) in [6.45, 7) is 8.03. The topological polar surface area (TPSA) is 56.1 Å². The van der Waals surface area contributed by atoms with Crippen LogP contribution in [0.1, 0.15) is 39.4 Å². The van der Waals surface area contributed by atoms with Crippen molar-refractivity contribution in [3.63, 3.8) is 0 Å². The maximum atomic E-state index is 11.1. The van der Waals surface area contributed by atoms with Gasteiger partial charge in [-0.25, -0.2) is 4.79 Å². The van der Waals surface area contributed by atoms with Crippen LogP contribution in [0.4, 0.5) is 4.79 Å². The van der Waals surface area contributed by atoms with Gasteiger partial charge in [-0.1, -0.05) is 0 Å². The third-order valence-electron chi connectivity index (χ3n) is 2.34. The molecule has 82 valence electrons. The number of nitrogens with zero attached hydrogens (tertiary/aromatic N) is 2.